The number of ether oxygens (including phenoxy) is 1. The largest absolute Gasteiger partial charge is 0.469 e. The molecule has 0 radical (unpaired) electrons. The summed E-state index contributed by atoms with van der Waals surface area (Å²) in [6.07, 6.45) is -2.09. The lowest BCUT2D eigenvalue weighted by atomic mass is 9.85. The highest BCUT2D eigenvalue weighted by Gasteiger charge is 2.39. The number of amides is 4. The number of phosphoric acid groups is 1. The van der Waals surface area contributed by atoms with Gasteiger partial charge in [-0.3, -0.25) is 19.1 Å². The van der Waals surface area contributed by atoms with E-state index in [-0.39, 0.29) is 19.3 Å². The van der Waals surface area contributed by atoms with Crippen LogP contribution in [0.15, 0.2) is 79.0 Å². The SMILES string of the molecule is COC(=O)N[C@H](C(=O)N[C@@H](Cc1ccc(-c2ccccn2)cc1)C[C@H](OP(=O)(O)O)[C@H](Cc1ccccc1)NC(=O)[C@@H](NC(=O)O)C(C)(C)C)C(C)(C)C. The van der Waals surface area contributed by atoms with E-state index in [0.717, 1.165) is 16.8 Å². The summed E-state index contributed by atoms with van der Waals surface area (Å²) in [6.45, 7) is 10.3. The van der Waals surface area contributed by atoms with Gasteiger partial charge in [0, 0.05) is 17.8 Å². The topological polar surface area (TPSA) is 226 Å². The molecule has 0 aliphatic rings. The van der Waals surface area contributed by atoms with Gasteiger partial charge in [0.05, 0.1) is 24.9 Å². The average molecular weight is 770 g/mol. The van der Waals surface area contributed by atoms with Gasteiger partial charge in [-0.1, -0.05) is 102 Å². The van der Waals surface area contributed by atoms with Gasteiger partial charge >= 0.3 is 20.0 Å². The van der Waals surface area contributed by atoms with Gasteiger partial charge in [0.1, 0.15) is 12.1 Å². The van der Waals surface area contributed by atoms with E-state index < -0.39 is 72.9 Å². The molecule has 16 heteroatoms. The highest BCUT2D eigenvalue weighted by atomic mass is 31.2. The number of alkyl carbamates (subject to hydrolysis) is 1. The van der Waals surface area contributed by atoms with Crippen LogP contribution in [0.2, 0.25) is 0 Å². The Hall–Kier alpha value is -4.82. The van der Waals surface area contributed by atoms with Gasteiger partial charge in [0.2, 0.25) is 11.8 Å². The van der Waals surface area contributed by atoms with Crippen LogP contribution < -0.4 is 21.3 Å². The lowest BCUT2D eigenvalue weighted by molar-refractivity contribution is -0.128. The summed E-state index contributed by atoms with van der Waals surface area (Å²) < 4.78 is 22.7. The second kappa shape index (κ2) is 19.0. The molecule has 3 rings (SSSR count). The number of pyridine rings is 1. The number of carboxylic acid groups (broad SMARTS) is 1. The Kier molecular flexibility index (Phi) is 15.3. The van der Waals surface area contributed by atoms with Crippen molar-refractivity contribution in [1.29, 1.82) is 0 Å². The number of nitrogens with one attached hydrogen (secondary N) is 4. The van der Waals surface area contributed by atoms with E-state index in [0.29, 0.717) is 5.56 Å². The van der Waals surface area contributed by atoms with Crippen LogP contribution in [0, 0.1) is 10.8 Å². The van der Waals surface area contributed by atoms with E-state index >= 15 is 0 Å². The van der Waals surface area contributed by atoms with Gasteiger partial charge in [-0.15, -0.1) is 0 Å². The number of aromatic nitrogens is 1. The minimum Gasteiger partial charge on any atom is -0.465 e. The average Bonchev–Trinajstić information content (AvgIpc) is 3.08. The van der Waals surface area contributed by atoms with Crippen LogP contribution in [0.5, 0.6) is 0 Å². The molecule has 5 atom stereocenters. The highest BCUT2D eigenvalue weighted by Crippen LogP contribution is 2.40. The van der Waals surface area contributed by atoms with Crippen LogP contribution in [-0.4, -0.2) is 81.3 Å². The maximum Gasteiger partial charge on any atom is 0.469 e. The Morgan fingerprint density at radius 2 is 1.30 bits per heavy atom. The molecule has 0 aliphatic heterocycles. The Morgan fingerprint density at radius 3 is 1.81 bits per heavy atom. The zero-order valence-electron chi connectivity index (χ0n) is 31.6. The first kappa shape index (κ1) is 43.6. The number of phosphoric ester groups is 1. The summed E-state index contributed by atoms with van der Waals surface area (Å²) in [4.78, 5) is 76.5. The second-order valence-corrected chi connectivity index (χ2v) is 16.4. The number of rotatable bonds is 16. The molecule has 0 aliphatic carbocycles. The number of nitrogens with zero attached hydrogens (tertiary/aromatic N) is 1. The molecule has 1 heterocycles. The zero-order chi connectivity index (χ0) is 40.3. The predicted octanol–water partition coefficient (Wildman–Crippen LogP) is 4.82. The molecule has 4 amide bonds. The van der Waals surface area contributed by atoms with Gasteiger partial charge < -0.3 is 40.9 Å². The van der Waals surface area contributed by atoms with Crippen LogP contribution in [0.3, 0.4) is 0 Å². The van der Waals surface area contributed by atoms with Crippen molar-refractivity contribution in [2.24, 2.45) is 10.8 Å². The van der Waals surface area contributed by atoms with Gasteiger partial charge in [0.25, 0.3) is 0 Å². The van der Waals surface area contributed by atoms with Gasteiger partial charge in [-0.2, -0.15) is 0 Å². The minimum atomic E-state index is -5.24. The monoisotopic (exact) mass is 769 g/mol. The zero-order valence-corrected chi connectivity index (χ0v) is 32.5. The molecule has 3 aromatic rings. The molecule has 0 fully saturated rings. The highest BCUT2D eigenvalue weighted by molar-refractivity contribution is 7.46. The summed E-state index contributed by atoms with van der Waals surface area (Å²) >= 11 is 0. The van der Waals surface area contributed by atoms with Crippen LogP contribution in [-0.2, 0) is 36.3 Å². The first-order chi connectivity index (χ1) is 25.2. The fraction of sp³-hybridized carbons (Fsp3) is 0.447. The quantitative estimate of drug-likeness (QED) is 0.0978. The van der Waals surface area contributed by atoms with Gasteiger partial charge in [-0.25, -0.2) is 14.2 Å². The Bertz CT molecular complexity index is 1740. The maximum absolute atomic E-state index is 14.0. The number of hydrogen-bond acceptors (Lipinski definition) is 8. The van der Waals surface area contributed by atoms with E-state index in [1.807, 2.05) is 36.4 Å². The second-order valence-electron chi connectivity index (χ2n) is 15.2. The summed E-state index contributed by atoms with van der Waals surface area (Å²) in [6, 6.07) is 17.4. The smallest absolute Gasteiger partial charge is 0.465 e. The summed E-state index contributed by atoms with van der Waals surface area (Å²) in [5, 5.41) is 20.1. The third-order valence-electron chi connectivity index (χ3n) is 8.58. The van der Waals surface area contributed by atoms with Crippen molar-refractivity contribution in [2.75, 3.05) is 7.11 Å². The van der Waals surface area contributed by atoms with Crippen LogP contribution >= 0.6 is 7.82 Å². The van der Waals surface area contributed by atoms with Crippen LogP contribution in [0.1, 0.15) is 59.1 Å². The van der Waals surface area contributed by atoms with Crippen LogP contribution in [0.4, 0.5) is 9.59 Å². The number of carbonyl (C=O) groups excluding carboxylic acids is 3. The van der Waals surface area contributed by atoms with Crippen molar-refractivity contribution in [3.05, 3.63) is 90.1 Å². The van der Waals surface area contributed by atoms with Gasteiger partial charge in [-0.05, 0) is 53.4 Å². The molecule has 7 N–H and O–H groups in total. The Morgan fingerprint density at radius 1 is 0.741 bits per heavy atom. The fourth-order valence-corrected chi connectivity index (χ4v) is 6.49. The molecule has 2 aromatic carbocycles. The molecule has 0 spiro atoms. The third kappa shape index (κ3) is 14.2. The Balaban J connectivity index is 2.10. The standard InChI is InChI=1S/C38H52N5O10P/c1-37(2,3)31(42-35(46)47)34(45)41-29(22-24-13-9-8-10-14-24)30(53-54(49,50)51)23-27(40-33(44)32(38(4,5)6)43-36(48)52-7)21-25-16-18-26(19-17-25)28-15-11-12-20-39-28/h8-20,27,29-32,42H,21-23H2,1-7H3,(H,40,44)(H,41,45)(H,43,48)(H,46,47)(H2,49,50,51)/t27-,29-,30-,31+,32+/m0/s1. The molecule has 294 valence electrons. The van der Waals surface area contributed by atoms with Crippen molar-refractivity contribution in [2.45, 2.75) is 91.1 Å². The molecule has 54 heavy (non-hydrogen) atoms. The van der Waals surface area contributed by atoms with Crippen LogP contribution in [0.25, 0.3) is 11.3 Å². The number of methoxy groups -OCH3 is 1. The van der Waals surface area contributed by atoms with E-state index in [9.17, 15) is 38.6 Å². The molecule has 1 aromatic heterocycles. The number of hydrogen-bond donors (Lipinski definition) is 7. The molecule has 0 bridgehead atoms. The third-order valence-corrected chi connectivity index (χ3v) is 9.12. The summed E-state index contributed by atoms with van der Waals surface area (Å²) in [7, 11) is -4.07. The lowest BCUT2D eigenvalue weighted by Gasteiger charge is -2.36. The maximum atomic E-state index is 14.0. The Labute approximate surface area is 315 Å². The molecular formula is C38H52N5O10P. The predicted molar refractivity (Wildman–Crippen MR) is 202 cm³/mol. The van der Waals surface area contributed by atoms with Crippen molar-refractivity contribution in [3.63, 3.8) is 0 Å². The van der Waals surface area contributed by atoms with E-state index in [4.69, 9.17) is 9.26 Å². The molecule has 0 saturated heterocycles. The van der Waals surface area contributed by atoms with Crippen molar-refractivity contribution in [3.8, 4) is 11.3 Å². The minimum absolute atomic E-state index is 0.0229. The van der Waals surface area contributed by atoms with Crippen molar-refractivity contribution in [1.82, 2.24) is 26.3 Å². The molecular weight excluding hydrogens is 717 g/mol. The molecule has 15 nitrogen and oxygen atoms in total. The van der Waals surface area contributed by atoms with E-state index in [1.54, 1.807) is 84.1 Å². The van der Waals surface area contributed by atoms with E-state index in [2.05, 4.69) is 26.3 Å². The normalized spacial score (nSPS) is 14.8. The van der Waals surface area contributed by atoms with Gasteiger partial charge in [0.15, 0.2) is 0 Å². The molecule has 0 saturated carbocycles. The van der Waals surface area contributed by atoms with E-state index in [1.165, 1.54) is 7.11 Å². The summed E-state index contributed by atoms with van der Waals surface area (Å²) in [5.41, 5.74) is 1.32. The molecule has 0 unspecified atom stereocenters. The first-order valence-electron chi connectivity index (χ1n) is 17.4. The first-order valence-corrected chi connectivity index (χ1v) is 18.9. The van der Waals surface area contributed by atoms with Crippen molar-refractivity contribution >= 4 is 31.8 Å². The lowest BCUT2D eigenvalue weighted by Crippen LogP contribution is -2.59. The number of carbonyl (C=O) groups is 4. The number of benzene rings is 2. The summed E-state index contributed by atoms with van der Waals surface area (Å²) in [5.74, 6) is -1.34. The van der Waals surface area contributed by atoms with Crippen molar-refractivity contribution < 1.29 is 47.9 Å². The fourth-order valence-electron chi connectivity index (χ4n) is 5.91.